The minimum absolute atomic E-state index is 0.102. The molecule has 1 aromatic carbocycles. The summed E-state index contributed by atoms with van der Waals surface area (Å²) in [5.41, 5.74) is 1.55. The van der Waals surface area contributed by atoms with Crippen LogP contribution in [0.25, 0.3) is 0 Å². The first kappa shape index (κ1) is 13.6. The number of hydrogen-bond donors (Lipinski definition) is 0. The fourth-order valence-electron chi connectivity index (χ4n) is 1.60. The van der Waals surface area contributed by atoms with Crippen molar-refractivity contribution in [3.63, 3.8) is 0 Å². The summed E-state index contributed by atoms with van der Waals surface area (Å²) in [5, 5.41) is 0.480. The molecule has 0 aromatic heterocycles. The van der Waals surface area contributed by atoms with Crippen molar-refractivity contribution in [3.8, 4) is 12.3 Å². The molecule has 1 aromatic rings. The Morgan fingerprint density at radius 1 is 1.53 bits per heavy atom. The quantitative estimate of drug-likeness (QED) is 0.751. The third kappa shape index (κ3) is 3.51. The second kappa shape index (κ2) is 6.32. The molecule has 1 rings (SSSR count). The lowest BCUT2D eigenvalue weighted by Gasteiger charge is -2.20. The Morgan fingerprint density at radius 2 is 2.24 bits per heavy atom. The van der Waals surface area contributed by atoms with Gasteiger partial charge in [0.15, 0.2) is 0 Å². The van der Waals surface area contributed by atoms with Gasteiger partial charge in [0.25, 0.3) is 5.91 Å². The highest BCUT2D eigenvalue weighted by Gasteiger charge is 2.16. The van der Waals surface area contributed by atoms with Crippen LogP contribution in [0, 0.1) is 19.3 Å². The van der Waals surface area contributed by atoms with E-state index in [2.05, 4.69) is 5.92 Å². The van der Waals surface area contributed by atoms with Crippen LogP contribution in [0.5, 0.6) is 0 Å². The molecular formula is C14H16ClNO. The minimum atomic E-state index is -0.102. The van der Waals surface area contributed by atoms with Crippen LogP contribution in [0.15, 0.2) is 18.2 Å². The van der Waals surface area contributed by atoms with Gasteiger partial charge in [0.05, 0.1) is 17.1 Å². The monoisotopic (exact) mass is 249 g/mol. The minimum Gasteiger partial charge on any atom is -0.327 e. The van der Waals surface area contributed by atoms with Crippen LogP contribution in [-0.2, 0) is 0 Å². The van der Waals surface area contributed by atoms with Gasteiger partial charge < -0.3 is 4.90 Å². The molecule has 3 heteroatoms. The van der Waals surface area contributed by atoms with Crippen LogP contribution >= 0.6 is 11.6 Å². The molecule has 2 nitrogen and oxygen atoms in total. The maximum Gasteiger partial charge on any atom is 0.256 e. The molecule has 0 fully saturated rings. The summed E-state index contributed by atoms with van der Waals surface area (Å²) in [5.74, 6) is 2.39. The van der Waals surface area contributed by atoms with Crippen molar-refractivity contribution in [1.82, 2.24) is 4.90 Å². The largest absolute Gasteiger partial charge is 0.327 e. The number of carbonyl (C=O) groups excluding carboxylic acids is 1. The van der Waals surface area contributed by atoms with Gasteiger partial charge in [-0.1, -0.05) is 30.5 Å². The van der Waals surface area contributed by atoms with Gasteiger partial charge in [-0.05, 0) is 31.0 Å². The molecule has 0 saturated carbocycles. The van der Waals surface area contributed by atoms with Crippen molar-refractivity contribution in [2.45, 2.75) is 20.3 Å². The molecule has 0 aliphatic rings. The van der Waals surface area contributed by atoms with E-state index in [-0.39, 0.29) is 5.91 Å². The average molecular weight is 250 g/mol. The van der Waals surface area contributed by atoms with Gasteiger partial charge in [-0.25, -0.2) is 0 Å². The average Bonchev–Trinajstić information content (AvgIpc) is 2.28. The number of carbonyl (C=O) groups is 1. The van der Waals surface area contributed by atoms with Crippen LogP contribution in [0.3, 0.4) is 0 Å². The van der Waals surface area contributed by atoms with Gasteiger partial charge in [-0.3, -0.25) is 4.79 Å². The Labute approximate surface area is 108 Å². The number of nitrogens with zero attached hydrogens (tertiary/aromatic N) is 1. The highest BCUT2D eigenvalue weighted by molar-refractivity contribution is 6.33. The zero-order valence-electron chi connectivity index (χ0n) is 10.2. The Balaban J connectivity index is 2.97. The first-order valence-electron chi connectivity index (χ1n) is 5.59. The summed E-state index contributed by atoms with van der Waals surface area (Å²) >= 11 is 6.07. The molecule has 0 heterocycles. The number of aryl methyl sites for hydroxylation is 1. The van der Waals surface area contributed by atoms with E-state index in [1.165, 1.54) is 0 Å². The zero-order chi connectivity index (χ0) is 12.8. The molecule has 0 spiro atoms. The second-order valence-corrected chi connectivity index (χ2v) is 4.32. The zero-order valence-corrected chi connectivity index (χ0v) is 10.9. The van der Waals surface area contributed by atoms with Crippen LogP contribution < -0.4 is 0 Å². The predicted octanol–water partition coefficient (Wildman–Crippen LogP) is 3.13. The molecule has 0 atom stereocenters. The van der Waals surface area contributed by atoms with Gasteiger partial charge in [-0.2, -0.15) is 0 Å². The fraction of sp³-hybridized carbons (Fsp3) is 0.357. The number of benzene rings is 1. The standard InChI is InChI=1S/C14H16ClNO/c1-4-8-16(9-5-2)14(17)12-7-6-11(3)10-13(12)15/h1,6-7,10H,5,8-9H2,2-3H3. The number of hydrogen-bond acceptors (Lipinski definition) is 1. The van der Waals surface area contributed by atoms with E-state index in [0.29, 0.717) is 23.7 Å². The summed E-state index contributed by atoms with van der Waals surface area (Å²) in [4.78, 5) is 13.8. The van der Waals surface area contributed by atoms with E-state index in [4.69, 9.17) is 18.0 Å². The Hall–Kier alpha value is -1.46. The third-order valence-electron chi connectivity index (χ3n) is 2.42. The fourth-order valence-corrected chi connectivity index (χ4v) is 1.91. The lowest BCUT2D eigenvalue weighted by atomic mass is 10.1. The first-order chi connectivity index (χ1) is 8.10. The summed E-state index contributed by atoms with van der Waals surface area (Å²) in [6.45, 7) is 4.91. The van der Waals surface area contributed by atoms with Crippen molar-refractivity contribution in [2.24, 2.45) is 0 Å². The number of rotatable bonds is 4. The summed E-state index contributed by atoms with van der Waals surface area (Å²) in [6, 6.07) is 5.41. The lowest BCUT2D eigenvalue weighted by Crippen LogP contribution is -2.32. The summed E-state index contributed by atoms with van der Waals surface area (Å²) in [6.07, 6.45) is 6.13. The van der Waals surface area contributed by atoms with E-state index < -0.39 is 0 Å². The number of terminal acetylenes is 1. The van der Waals surface area contributed by atoms with Crippen molar-refractivity contribution >= 4 is 17.5 Å². The molecule has 0 unspecified atom stereocenters. The van der Waals surface area contributed by atoms with Gasteiger partial charge in [0.2, 0.25) is 0 Å². The lowest BCUT2D eigenvalue weighted by molar-refractivity contribution is 0.0777. The molecule has 0 aliphatic carbocycles. The summed E-state index contributed by atoms with van der Waals surface area (Å²) < 4.78 is 0. The van der Waals surface area contributed by atoms with Crippen molar-refractivity contribution < 1.29 is 4.79 Å². The Kier molecular flexibility index (Phi) is 5.06. The van der Waals surface area contributed by atoms with Crippen LogP contribution in [0.2, 0.25) is 5.02 Å². The van der Waals surface area contributed by atoms with Crippen molar-refractivity contribution in [1.29, 1.82) is 0 Å². The molecule has 0 aliphatic heterocycles. The third-order valence-corrected chi connectivity index (χ3v) is 2.73. The van der Waals surface area contributed by atoms with E-state index in [1.54, 1.807) is 17.0 Å². The molecule has 90 valence electrons. The second-order valence-electron chi connectivity index (χ2n) is 3.91. The predicted molar refractivity (Wildman–Crippen MR) is 71.2 cm³/mol. The molecule has 0 radical (unpaired) electrons. The van der Waals surface area contributed by atoms with E-state index in [0.717, 1.165) is 12.0 Å². The van der Waals surface area contributed by atoms with Crippen molar-refractivity contribution in [2.75, 3.05) is 13.1 Å². The van der Waals surface area contributed by atoms with Gasteiger partial charge in [-0.15, -0.1) is 6.42 Å². The normalized spacial score (nSPS) is 9.76. The molecule has 0 bridgehead atoms. The highest BCUT2D eigenvalue weighted by atomic mass is 35.5. The van der Waals surface area contributed by atoms with E-state index in [9.17, 15) is 4.79 Å². The van der Waals surface area contributed by atoms with E-state index >= 15 is 0 Å². The summed E-state index contributed by atoms with van der Waals surface area (Å²) in [7, 11) is 0. The van der Waals surface area contributed by atoms with Crippen molar-refractivity contribution in [3.05, 3.63) is 34.3 Å². The van der Waals surface area contributed by atoms with Gasteiger partial charge >= 0.3 is 0 Å². The van der Waals surface area contributed by atoms with Crippen LogP contribution in [0.4, 0.5) is 0 Å². The molecule has 1 amide bonds. The van der Waals surface area contributed by atoms with Gasteiger partial charge in [0.1, 0.15) is 0 Å². The maximum atomic E-state index is 12.2. The number of halogens is 1. The van der Waals surface area contributed by atoms with Crippen LogP contribution in [-0.4, -0.2) is 23.9 Å². The topological polar surface area (TPSA) is 20.3 Å². The number of amides is 1. The SMILES string of the molecule is C#CCN(CCC)C(=O)c1ccc(C)cc1Cl. The molecule has 0 saturated heterocycles. The molecular weight excluding hydrogens is 234 g/mol. The smallest absolute Gasteiger partial charge is 0.256 e. The molecule has 17 heavy (non-hydrogen) atoms. The molecule has 0 N–H and O–H groups in total. The highest BCUT2D eigenvalue weighted by Crippen LogP contribution is 2.19. The Bertz CT molecular complexity index is 448. The van der Waals surface area contributed by atoms with E-state index in [1.807, 2.05) is 19.9 Å². The maximum absolute atomic E-state index is 12.2. The van der Waals surface area contributed by atoms with Crippen LogP contribution in [0.1, 0.15) is 29.3 Å². The first-order valence-corrected chi connectivity index (χ1v) is 5.96. The van der Waals surface area contributed by atoms with Gasteiger partial charge in [0, 0.05) is 6.54 Å². The Morgan fingerprint density at radius 3 is 2.76 bits per heavy atom.